The first kappa shape index (κ1) is 10.8. The van der Waals surface area contributed by atoms with Crippen LogP contribution < -0.4 is 4.90 Å². The summed E-state index contributed by atoms with van der Waals surface area (Å²) in [6.45, 7) is 2.90. The Hall–Kier alpha value is -0.680. The molecule has 0 N–H and O–H groups in total. The highest BCUT2D eigenvalue weighted by molar-refractivity contribution is 9.10. The maximum atomic E-state index is 5.17. The van der Waals surface area contributed by atoms with Gasteiger partial charge in [0.25, 0.3) is 0 Å². The molecule has 4 nitrogen and oxygen atoms in total. The number of halogens is 1. The molecule has 0 saturated carbocycles. The minimum atomic E-state index is 0.622. The lowest BCUT2D eigenvalue weighted by Gasteiger charge is -2.18. The summed E-state index contributed by atoms with van der Waals surface area (Å²) < 4.78 is 6.13. The van der Waals surface area contributed by atoms with Crippen LogP contribution in [0, 0.1) is 5.92 Å². The SMILES string of the molecule is COCC1CCN(c2ncncc2Br)C1. The van der Waals surface area contributed by atoms with Crippen LogP contribution in [0.1, 0.15) is 6.42 Å². The zero-order chi connectivity index (χ0) is 10.7. The quantitative estimate of drug-likeness (QED) is 0.839. The number of aromatic nitrogens is 2. The summed E-state index contributed by atoms with van der Waals surface area (Å²) in [5.41, 5.74) is 0. The molecule has 0 aromatic carbocycles. The van der Waals surface area contributed by atoms with E-state index in [2.05, 4.69) is 30.8 Å². The molecular weight excluding hydrogens is 258 g/mol. The molecule has 2 heterocycles. The molecule has 5 heteroatoms. The van der Waals surface area contributed by atoms with Gasteiger partial charge in [0, 0.05) is 32.3 Å². The highest BCUT2D eigenvalue weighted by Crippen LogP contribution is 2.27. The first-order chi connectivity index (χ1) is 7.31. The Morgan fingerprint density at radius 2 is 2.53 bits per heavy atom. The van der Waals surface area contributed by atoms with E-state index in [0.717, 1.165) is 30.0 Å². The maximum absolute atomic E-state index is 5.17. The van der Waals surface area contributed by atoms with Gasteiger partial charge in [-0.2, -0.15) is 0 Å². The molecule has 1 aromatic heterocycles. The second kappa shape index (κ2) is 4.90. The molecule has 1 aliphatic heterocycles. The molecule has 1 saturated heterocycles. The van der Waals surface area contributed by atoms with E-state index >= 15 is 0 Å². The molecule has 2 rings (SSSR count). The van der Waals surface area contributed by atoms with Gasteiger partial charge in [-0.15, -0.1) is 0 Å². The monoisotopic (exact) mass is 271 g/mol. The second-order valence-electron chi connectivity index (χ2n) is 3.75. The number of hydrogen-bond donors (Lipinski definition) is 0. The third-order valence-electron chi connectivity index (χ3n) is 2.64. The summed E-state index contributed by atoms with van der Waals surface area (Å²) in [6.07, 6.45) is 4.54. The molecule has 1 aliphatic rings. The van der Waals surface area contributed by atoms with Crippen LogP contribution in [-0.4, -0.2) is 36.8 Å². The fraction of sp³-hybridized carbons (Fsp3) is 0.600. The van der Waals surface area contributed by atoms with Crippen molar-refractivity contribution in [1.29, 1.82) is 0 Å². The largest absolute Gasteiger partial charge is 0.384 e. The zero-order valence-corrected chi connectivity index (χ0v) is 10.3. The fourth-order valence-corrected chi connectivity index (χ4v) is 2.41. The van der Waals surface area contributed by atoms with Crippen molar-refractivity contribution in [2.75, 3.05) is 31.7 Å². The van der Waals surface area contributed by atoms with E-state index in [-0.39, 0.29) is 0 Å². The van der Waals surface area contributed by atoms with Gasteiger partial charge in [0.15, 0.2) is 0 Å². The Kier molecular flexibility index (Phi) is 3.53. The van der Waals surface area contributed by atoms with Crippen molar-refractivity contribution >= 4 is 21.7 Å². The number of ether oxygens (including phenoxy) is 1. The van der Waals surface area contributed by atoms with Crippen molar-refractivity contribution in [3.8, 4) is 0 Å². The Morgan fingerprint density at radius 1 is 1.67 bits per heavy atom. The predicted molar refractivity (Wildman–Crippen MR) is 61.9 cm³/mol. The number of nitrogens with zero attached hydrogens (tertiary/aromatic N) is 3. The van der Waals surface area contributed by atoms with Crippen LogP contribution in [0.4, 0.5) is 5.82 Å². The summed E-state index contributed by atoms with van der Waals surface area (Å²) in [6, 6.07) is 0. The molecule has 1 unspecified atom stereocenters. The van der Waals surface area contributed by atoms with Crippen LogP contribution in [0.2, 0.25) is 0 Å². The van der Waals surface area contributed by atoms with Crippen molar-refractivity contribution in [2.24, 2.45) is 5.92 Å². The normalized spacial score (nSPS) is 20.9. The highest BCUT2D eigenvalue weighted by atomic mass is 79.9. The number of hydrogen-bond acceptors (Lipinski definition) is 4. The molecule has 82 valence electrons. The van der Waals surface area contributed by atoms with E-state index in [4.69, 9.17) is 4.74 Å². The van der Waals surface area contributed by atoms with E-state index in [9.17, 15) is 0 Å². The predicted octanol–water partition coefficient (Wildman–Crippen LogP) is 1.71. The van der Waals surface area contributed by atoms with Crippen LogP contribution in [-0.2, 0) is 4.74 Å². The molecule has 1 atom stereocenters. The lowest BCUT2D eigenvalue weighted by Crippen LogP contribution is -2.22. The first-order valence-electron chi connectivity index (χ1n) is 5.00. The topological polar surface area (TPSA) is 38.2 Å². The summed E-state index contributed by atoms with van der Waals surface area (Å²) in [5, 5.41) is 0. The van der Waals surface area contributed by atoms with Crippen LogP contribution >= 0.6 is 15.9 Å². The maximum Gasteiger partial charge on any atom is 0.146 e. The Bertz CT molecular complexity index is 334. The minimum Gasteiger partial charge on any atom is -0.384 e. The van der Waals surface area contributed by atoms with Gasteiger partial charge in [-0.05, 0) is 22.4 Å². The Balaban J connectivity index is 2.04. The van der Waals surface area contributed by atoms with E-state index in [1.807, 2.05) is 0 Å². The molecule has 0 bridgehead atoms. The molecule has 1 fully saturated rings. The van der Waals surface area contributed by atoms with Crippen LogP contribution in [0.15, 0.2) is 17.0 Å². The number of anilines is 1. The third-order valence-corrected chi connectivity index (χ3v) is 3.20. The Morgan fingerprint density at radius 3 is 3.27 bits per heavy atom. The molecule has 0 radical (unpaired) electrons. The molecule has 0 aliphatic carbocycles. The molecule has 15 heavy (non-hydrogen) atoms. The van der Waals surface area contributed by atoms with E-state index < -0.39 is 0 Å². The molecule has 1 aromatic rings. The van der Waals surface area contributed by atoms with Crippen molar-refractivity contribution in [3.63, 3.8) is 0 Å². The standard InChI is InChI=1S/C10H14BrN3O/c1-15-6-8-2-3-14(5-8)10-9(11)4-12-7-13-10/h4,7-8H,2-3,5-6H2,1H3. The first-order valence-corrected chi connectivity index (χ1v) is 5.80. The van der Waals surface area contributed by atoms with Crippen molar-refractivity contribution in [3.05, 3.63) is 17.0 Å². The fourth-order valence-electron chi connectivity index (χ4n) is 1.94. The molecular formula is C10H14BrN3O. The van der Waals surface area contributed by atoms with Crippen molar-refractivity contribution < 1.29 is 4.74 Å². The Labute approximate surface area is 97.8 Å². The van der Waals surface area contributed by atoms with Gasteiger partial charge in [-0.25, -0.2) is 9.97 Å². The molecule has 0 amide bonds. The van der Waals surface area contributed by atoms with Gasteiger partial charge in [0.05, 0.1) is 11.1 Å². The molecule has 0 spiro atoms. The van der Waals surface area contributed by atoms with E-state index in [1.54, 1.807) is 19.6 Å². The van der Waals surface area contributed by atoms with Gasteiger partial charge in [0.2, 0.25) is 0 Å². The van der Waals surface area contributed by atoms with Crippen molar-refractivity contribution in [1.82, 2.24) is 9.97 Å². The van der Waals surface area contributed by atoms with Gasteiger partial charge in [-0.1, -0.05) is 0 Å². The van der Waals surface area contributed by atoms with Gasteiger partial charge in [0.1, 0.15) is 12.1 Å². The summed E-state index contributed by atoms with van der Waals surface area (Å²) >= 11 is 3.47. The summed E-state index contributed by atoms with van der Waals surface area (Å²) in [7, 11) is 1.75. The number of rotatable bonds is 3. The minimum absolute atomic E-state index is 0.622. The summed E-state index contributed by atoms with van der Waals surface area (Å²) in [5.74, 6) is 1.61. The summed E-state index contributed by atoms with van der Waals surface area (Å²) in [4.78, 5) is 10.5. The van der Waals surface area contributed by atoms with E-state index in [1.165, 1.54) is 6.42 Å². The lowest BCUT2D eigenvalue weighted by atomic mass is 10.1. The smallest absolute Gasteiger partial charge is 0.146 e. The van der Waals surface area contributed by atoms with Gasteiger partial charge >= 0.3 is 0 Å². The highest BCUT2D eigenvalue weighted by Gasteiger charge is 2.24. The second-order valence-corrected chi connectivity index (χ2v) is 4.60. The van der Waals surface area contributed by atoms with Crippen LogP contribution in [0.5, 0.6) is 0 Å². The average Bonchev–Trinajstić information content (AvgIpc) is 2.68. The third kappa shape index (κ3) is 2.46. The van der Waals surface area contributed by atoms with Gasteiger partial charge in [-0.3, -0.25) is 0 Å². The van der Waals surface area contributed by atoms with Crippen LogP contribution in [0.25, 0.3) is 0 Å². The zero-order valence-electron chi connectivity index (χ0n) is 8.69. The van der Waals surface area contributed by atoms with Gasteiger partial charge < -0.3 is 9.64 Å². The van der Waals surface area contributed by atoms with Crippen LogP contribution in [0.3, 0.4) is 0 Å². The number of methoxy groups -OCH3 is 1. The average molecular weight is 272 g/mol. The van der Waals surface area contributed by atoms with E-state index in [0.29, 0.717) is 5.92 Å². The lowest BCUT2D eigenvalue weighted by molar-refractivity contribution is 0.161. The van der Waals surface area contributed by atoms with Crippen molar-refractivity contribution in [2.45, 2.75) is 6.42 Å².